The number of nitrogens with zero attached hydrogens (tertiary/aromatic N) is 3. The minimum absolute atomic E-state index is 0.0354. The van der Waals surface area contributed by atoms with Gasteiger partial charge in [-0.1, -0.05) is 37.0 Å². The van der Waals surface area contributed by atoms with Crippen LogP contribution in [0.4, 0.5) is 11.4 Å². The van der Waals surface area contributed by atoms with E-state index in [9.17, 15) is 10.1 Å². The number of rotatable bonds is 5. The summed E-state index contributed by atoms with van der Waals surface area (Å²) in [6, 6.07) is 14.1. The maximum absolute atomic E-state index is 14.0. The first-order valence-corrected chi connectivity index (χ1v) is 14.9. The van der Waals surface area contributed by atoms with Crippen LogP contribution in [0.25, 0.3) is 0 Å². The average Bonchev–Trinajstić information content (AvgIpc) is 3.28. The first kappa shape index (κ1) is 29.8. The Balaban J connectivity index is 1.74. The molecule has 0 amide bonds. The molecule has 7 heteroatoms. The quantitative estimate of drug-likeness (QED) is 0.163. The first-order chi connectivity index (χ1) is 19.7. The molecular weight excluding hydrogens is 563 g/mol. The fourth-order valence-electron chi connectivity index (χ4n) is 6.61. The summed E-state index contributed by atoms with van der Waals surface area (Å²) < 4.78 is 2.22. The topological polar surface area (TPSA) is 71.0 Å². The number of hydrogen-bond acceptors (Lipinski definition) is 4. The van der Waals surface area contributed by atoms with Crippen LogP contribution in [-0.4, -0.2) is 34.0 Å². The van der Waals surface area contributed by atoms with E-state index < -0.39 is 10.8 Å². The Hall–Kier alpha value is -3.68. The van der Waals surface area contributed by atoms with Crippen molar-refractivity contribution in [2.45, 2.75) is 78.3 Å². The SMILES string of the molecule is CC(C)N1/C(=C/C2=C(C(=C=N)C#N)C(=C/C3=[N+](C(C)C)c4ccc(Cl)cc4C3(C)C)/C2=O)C(C)(C)c2cc(Cl)ccc21. The van der Waals surface area contributed by atoms with Crippen LogP contribution in [0.5, 0.6) is 0 Å². The number of Topliss-reactive ketones (excluding diaryl/α,β-unsaturated/α-hetero) is 1. The third-order valence-corrected chi connectivity index (χ3v) is 9.16. The van der Waals surface area contributed by atoms with E-state index in [1.807, 2.05) is 48.6 Å². The van der Waals surface area contributed by atoms with E-state index in [1.54, 1.807) is 0 Å². The van der Waals surface area contributed by atoms with E-state index >= 15 is 0 Å². The van der Waals surface area contributed by atoms with Crippen molar-refractivity contribution in [3.63, 3.8) is 0 Å². The average molecular weight is 599 g/mol. The minimum atomic E-state index is -0.443. The third kappa shape index (κ3) is 4.33. The summed E-state index contributed by atoms with van der Waals surface area (Å²) in [4.78, 5) is 16.3. The van der Waals surface area contributed by atoms with Gasteiger partial charge >= 0.3 is 0 Å². The molecule has 1 N–H and O–H groups in total. The molecule has 3 aliphatic rings. The second-order valence-corrected chi connectivity index (χ2v) is 13.6. The van der Waals surface area contributed by atoms with E-state index in [4.69, 9.17) is 28.6 Å². The molecule has 0 bridgehead atoms. The van der Waals surface area contributed by atoms with Crippen LogP contribution in [0, 0.1) is 16.7 Å². The van der Waals surface area contributed by atoms with E-state index in [-0.39, 0.29) is 23.4 Å². The Morgan fingerprint density at radius 1 is 0.976 bits per heavy atom. The smallest absolute Gasteiger partial charge is 0.210 e. The predicted octanol–water partition coefficient (Wildman–Crippen LogP) is 8.37. The van der Waals surface area contributed by atoms with Crippen molar-refractivity contribution in [1.29, 1.82) is 10.7 Å². The second kappa shape index (κ2) is 10.2. The lowest BCUT2D eigenvalue weighted by Crippen LogP contribution is -2.34. The van der Waals surface area contributed by atoms with Gasteiger partial charge in [0, 0.05) is 67.3 Å². The number of carbonyl (C=O) groups is 1. The lowest BCUT2D eigenvalue weighted by atomic mass is 9.73. The van der Waals surface area contributed by atoms with Gasteiger partial charge < -0.3 is 4.90 Å². The van der Waals surface area contributed by atoms with Crippen LogP contribution in [-0.2, 0) is 15.6 Å². The summed E-state index contributed by atoms with van der Waals surface area (Å²) in [6.07, 6.45) is 3.80. The zero-order valence-electron chi connectivity index (χ0n) is 25.3. The number of nitrogens with one attached hydrogen (secondary N) is 1. The maximum Gasteiger partial charge on any atom is 0.210 e. The van der Waals surface area contributed by atoms with Gasteiger partial charge in [0.1, 0.15) is 11.6 Å². The van der Waals surface area contributed by atoms with Crippen LogP contribution in [0.3, 0.4) is 0 Å². The molecule has 0 unspecified atom stereocenters. The molecule has 0 fully saturated rings. The molecule has 0 spiro atoms. The van der Waals surface area contributed by atoms with Crippen molar-refractivity contribution < 1.29 is 9.37 Å². The van der Waals surface area contributed by atoms with Crippen molar-refractivity contribution in [2.75, 3.05) is 4.90 Å². The Kier molecular flexibility index (Phi) is 7.27. The van der Waals surface area contributed by atoms with Crippen LogP contribution < -0.4 is 4.90 Å². The van der Waals surface area contributed by atoms with Gasteiger partial charge in [-0.3, -0.25) is 10.2 Å². The zero-order valence-corrected chi connectivity index (χ0v) is 26.8. The summed E-state index contributed by atoms with van der Waals surface area (Å²) in [7, 11) is 0. The van der Waals surface area contributed by atoms with Crippen LogP contribution in [0.1, 0.15) is 66.5 Å². The molecule has 5 rings (SSSR count). The van der Waals surface area contributed by atoms with Gasteiger partial charge in [-0.25, -0.2) is 0 Å². The molecule has 0 radical (unpaired) electrons. The van der Waals surface area contributed by atoms with Crippen molar-refractivity contribution in [3.8, 4) is 6.07 Å². The van der Waals surface area contributed by atoms with Crippen LogP contribution in [0.2, 0.25) is 10.0 Å². The number of ketones is 1. The number of nitriles is 1. The third-order valence-electron chi connectivity index (χ3n) is 8.69. The monoisotopic (exact) mass is 597 g/mol. The van der Waals surface area contributed by atoms with E-state index in [1.165, 1.54) is 0 Å². The summed E-state index contributed by atoms with van der Waals surface area (Å²) in [5.41, 5.74) is 6.57. The number of allylic oxidation sites excluding steroid dienone is 7. The minimum Gasteiger partial charge on any atom is -0.341 e. The molecule has 0 saturated carbocycles. The number of carbonyl (C=O) groups excluding carboxylic acids is 1. The highest BCUT2D eigenvalue weighted by Gasteiger charge is 2.48. The van der Waals surface area contributed by atoms with Crippen LogP contribution in [0.15, 0.2) is 76.5 Å². The summed E-state index contributed by atoms with van der Waals surface area (Å²) in [6.45, 7) is 16.9. The summed E-state index contributed by atoms with van der Waals surface area (Å²) >= 11 is 12.8. The van der Waals surface area contributed by atoms with E-state index in [0.29, 0.717) is 26.8 Å². The molecule has 214 valence electrons. The highest BCUT2D eigenvalue weighted by atomic mass is 35.5. The van der Waals surface area contributed by atoms with Gasteiger partial charge in [-0.15, -0.1) is 0 Å². The van der Waals surface area contributed by atoms with Crippen LogP contribution >= 0.6 is 23.2 Å². The molecule has 0 saturated heterocycles. The standard InChI is InChI=1S/C35H35Cl2N4O/c1-19(2)40-28-11-9-22(36)13-26(28)34(5,6)30(40)15-24-32(21(17-38)18-39)25(33(24)42)16-31-35(7,8)27-14-23(37)10-12-29(27)41(31)20(3)4/h9-16,19-20,38H,1-8H3/q+1. The molecule has 2 aromatic carbocycles. The number of benzene rings is 2. The highest BCUT2D eigenvalue weighted by Crippen LogP contribution is 2.51. The number of anilines is 1. The second-order valence-electron chi connectivity index (χ2n) is 12.7. The highest BCUT2D eigenvalue weighted by molar-refractivity contribution is 6.31. The zero-order chi connectivity index (χ0) is 30.9. The van der Waals surface area contributed by atoms with Gasteiger partial charge in [-0.05, 0) is 89.4 Å². The molecule has 1 aliphatic carbocycles. The van der Waals surface area contributed by atoms with Crippen molar-refractivity contribution in [3.05, 3.63) is 97.7 Å². The summed E-state index contributed by atoms with van der Waals surface area (Å²) in [5.74, 6) is 2.14. The molecule has 42 heavy (non-hydrogen) atoms. The predicted molar refractivity (Wildman–Crippen MR) is 172 cm³/mol. The largest absolute Gasteiger partial charge is 0.341 e. The van der Waals surface area contributed by atoms with Gasteiger partial charge in [0.05, 0.1) is 5.41 Å². The van der Waals surface area contributed by atoms with Crippen molar-refractivity contribution in [1.82, 2.24) is 0 Å². The molecule has 0 aromatic heterocycles. The summed E-state index contributed by atoms with van der Waals surface area (Å²) in [5, 5.41) is 19.2. The first-order valence-electron chi connectivity index (χ1n) is 14.2. The Morgan fingerprint density at radius 2 is 1.60 bits per heavy atom. The van der Waals surface area contributed by atoms with Gasteiger partial charge in [0.25, 0.3) is 0 Å². The maximum atomic E-state index is 14.0. The lowest BCUT2D eigenvalue weighted by molar-refractivity contribution is -0.472. The lowest BCUT2D eigenvalue weighted by Gasteiger charge is -2.32. The van der Waals surface area contributed by atoms with E-state index in [0.717, 1.165) is 33.9 Å². The molecule has 2 aromatic rings. The Bertz CT molecular complexity index is 1790. The van der Waals surface area contributed by atoms with Gasteiger partial charge in [-0.2, -0.15) is 9.84 Å². The van der Waals surface area contributed by atoms with Gasteiger partial charge in [0.15, 0.2) is 17.5 Å². The fourth-order valence-corrected chi connectivity index (χ4v) is 6.95. The molecule has 2 heterocycles. The van der Waals surface area contributed by atoms with Gasteiger partial charge in [0.2, 0.25) is 5.69 Å². The molecule has 0 atom stereocenters. The Morgan fingerprint density at radius 3 is 2.17 bits per heavy atom. The fraction of sp³-hybridized carbons (Fsp3) is 0.343. The Labute approximate surface area is 258 Å². The number of fused-ring (bicyclic) bond motifs is 2. The van der Waals surface area contributed by atoms with E-state index in [2.05, 4.69) is 76.8 Å². The number of halogens is 2. The van der Waals surface area contributed by atoms with Crippen molar-refractivity contribution in [2.24, 2.45) is 0 Å². The molecule has 2 aliphatic heterocycles. The molecular formula is C35H35Cl2N4O+. The normalized spacial score (nSPS) is 20.4. The van der Waals surface area contributed by atoms with Crippen molar-refractivity contribution >= 4 is 51.9 Å². The number of hydrogen-bond donors (Lipinski definition) is 1. The molecule has 5 nitrogen and oxygen atoms in total.